The number of pyridine rings is 1. The lowest BCUT2D eigenvalue weighted by Gasteiger charge is -2.35. The summed E-state index contributed by atoms with van der Waals surface area (Å²) < 4.78 is 32.2. The Bertz CT molecular complexity index is 939. The fourth-order valence-electron chi connectivity index (χ4n) is 3.89. The van der Waals surface area contributed by atoms with E-state index in [9.17, 15) is 23.5 Å². The predicted molar refractivity (Wildman–Crippen MR) is 90.7 cm³/mol. The summed E-state index contributed by atoms with van der Waals surface area (Å²) in [5.41, 5.74) is 0.614. The number of ether oxygens (including phenoxy) is 1. The first-order valence-electron chi connectivity index (χ1n) is 8.56. The highest BCUT2D eigenvalue weighted by Gasteiger charge is 2.49. The number of carboxylic acids is 1. The Balaban J connectivity index is 1.54. The van der Waals surface area contributed by atoms with E-state index in [0.29, 0.717) is 43.0 Å². The largest absolute Gasteiger partial charge is 0.478 e. The maximum absolute atomic E-state index is 13.7. The second kappa shape index (κ2) is 6.29. The quantitative estimate of drug-likeness (QED) is 0.861. The number of rotatable bonds is 3. The monoisotopic (exact) mass is 374 g/mol. The molecule has 4 rings (SSSR count). The minimum absolute atomic E-state index is 0.126. The van der Waals surface area contributed by atoms with E-state index in [1.807, 2.05) is 0 Å². The standard InChI is InChI=1S/C19H16F2N2O4/c20-11-8-14(21)16(22-9-11)27-12-3-5-19(6-4-12)13-7-10(17(24)25)1-2-15(13)23-18(19)26/h1-2,7-9,12H,3-6H2,(H,23,26)(H,24,25)/t12-,19-. The van der Waals surface area contributed by atoms with Gasteiger partial charge in [0.2, 0.25) is 5.91 Å². The maximum Gasteiger partial charge on any atom is 0.335 e. The van der Waals surface area contributed by atoms with E-state index in [2.05, 4.69) is 10.3 Å². The molecule has 2 heterocycles. The molecule has 0 atom stereocenters. The Hall–Kier alpha value is -3.03. The number of aromatic carboxylic acids is 1. The van der Waals surface area contributed by atoms with Crippen molar-refractivity contribution in [1.29, 1.82) is 0 Å². The molecule has 0 radical (unpaired) electrons. The molecule has 2 aliphatic rings. The van der Waals surface area contributed by atoms with Gasteiger partial charge in [0, 0.05) is 11.8 Å². The molecule has 140 valence electrons. The number of fused-ring (bicyclic) bond motifs is 2. The number of aromatic nitrogens is 1. The van der Waals surface area contributed by atoms with Crippen LogP contribution in [0.15, 0.2) is 30.5 Å². The summed E-state index contributed by atoms with van der Waals surface area (Å²) in [5.74, 6) is -3.13. The number of anilines is 1. The lowest BCUT2D eigenvalue weighted by Crippen LogP contribution is -2.41. The van der Waals surface area contributed by atoms with Crippen molar-refractivity contribution in [2.75, 3.05) is 5.32 Å². The number of halogens is 2. The van der Waals surface area contributed by atoms with Crippen molar-refractivity contribution in [2.45, 2.75) is 37.2 Å². The summed E-state index contributed by atoms with van der Waals surface area (Å²) in [7, 11) is 0. The van der Waals surface area contributed by atoms with Crippen molar-refractivity contribution in [1.82, 2.24) is 4.98 Å². The zero-order valence-corrected chi connectivity index (χ0v) is 14.2. The summed E-state index contributed by atoms with van der Waals surface area (Å²) in [4.78, 5) is 27.5. The number of carbonyl (C=O) groups is 2. The van der Waals surface area contributed by atoms with Gasteiger partial charge >= 0.3 is 5.97 Å². The summed E-state index contributed by atoms with van der Waals surface area (Å²) >= 11 is 0. The molecule has 0 saturated heterocycles. The average molecular weight is 374 g/mol. The van der Waals surface area contributed by atoms with Crippen molar-refractivity contribution < 1.29 is 28.2 Å². The molecule has 8 heteroatoms. The van der Waals surface area contributed by atoms with Gasteiger partial charge in [-0.3, -0.25) is 4.79 Å². The van der Waals surface area contributed by atoms with Crippen LogP contribution < -0.4 is 10.1 Å². The third-order valence-electron chi connectivity index (χ3n) is 5.30. The van der Waals surface area contributed by atoms with Gasteiger partial charge < -0.3 is 15.2 Å². The number of carbonyl (C=O) groups excluding carboxylic acids is 1. The first-order chi connectivity index (χ1) is 12.9. The zero-order chi connectivity index (χ0) is 19.2. The minimum Gasteiger partial charge on any atom is -0.478 e. The van der Waals surface area contributed by atoms with Crippen molar-refractivity contribution in [2.24, 2.45) is 0 Å². The molecule has 0 bridgehead atoms. The van der Waals surface area contributed by atoms with Gasteiger partial charge in [-0.05, 0) is 49.4 Å². The van der Waals surface area contributed by atoms with E-state index in [1.54, 1.807) is 6.07 Å². The van der Waals surface area contributed by atoms with Crippen LogP contribution in [-0.4, -0.2) is 28.1 Å². The summed E-state index contributed by atoms with van der Waals surface area (Å²) in [6.07, 6.45) is 2.31. The first-order valence-corrected chi connectivity index (χ1v) is 8.56. The van der Waals surface area contributed by atoms with Crippen LogP contribution in [0.25, 0.3) is 0 Å². The Morgan fingerprint density at radius 2 is 2.00 bits per heavy atom. The van der Waals surface area contributed by atoms with Gasteiger partial charge in [0.05, 0.1) is 17.2 Å². The van der Waals surface area contributed by atoms with Crippen molar-refractivity contribution in [3.8, 4) is 5.88 Å². The van der Waals surface area contributed by atoms with Crippen LogP contribution in [-0.2, 0) is 10.2 Å². The summed E-state index contributed by atoms with van der Waals surface area (Å²) in [6, 6.07) is 5.31. The smallest absolute Gasteiger partial charge is 0.335 e. The van der Waals surface area contributed by atoms with Gasteiger partial charge in [0.1, 0.15) is 11.9 Å². The Morgan fingerprint density at radius 3 is 2.67 bits per heavy atom. The third-order valence-corrected chi connectivity index (χ3v) is 5.30. The van der Waals surface area contributed by atoms with Crippen LogP contribution in [0.1, 0.15) is 41.6 Å². The lowest BCUT2D eigenvalue weighted by atomic mass is 9.69. The van der Waals surface area contributed by atoms with Crippen molar-refractivity contribution in [3.63, 3.8) is 0 Å². The van der Waals surface area contributed by atoms with Crippen LogP contribution in [0.3, 0.4) is 0 Å². The molecule has 27 heavy (non-hydrogen) atoms. The van der Waals surface area contributed by atoms with Crippen molar-refractivity contribution >= 4 is 17.6 Å². The number of nitrogens with zero attached hydrogens (tertiary/aromatic N) is 1. The molecule has 2 N–H and O–H groups in total. The van der Waals surface area contributed by atoms with Gasteiger partial charge in [-0.15, -0.1) is 0 Å². The Kier molecular flexibility index (Phi) is 4.05. The Morgan fingerprint density at radius 1 is 1.26 bits per heavy atom. The van der Waals surface area contributed by atoms with Gasteiger partial charge in [-0.25, -0.2) is 18.6 Å². The summed E-state index contributed by atoms with van der Waals surface area (Å²) in [5, 5.41) is 12.0. The molecule has 1 aliphatic carbocycles. The second-order valence-electron chi connectivity index (χ2n) is 6.86. The van der Waals surface area contributed by atoms with E-state index in [-0.39, 0.29) is 23.5 Å². The van der Waals surface area contributed by atoms with E-state index >= 15 is 0 Å². The van der Waals surface area contributed by atoms with Gasteiger partial charge in [-0.2, -0.15) is 0 Å². The topological polar surface area (TPSA) is 88.5 Å². The minimum atomic E-state index is -1.05. The molecule has 1 spiro atoms. The predicted octanol–water partition coefficient (Wildman–Crippen LogP) is 3.27. The second-order valence-corrected chi connectivity index (χ2v) is 6.86. The molecule has 6 nitrogen and oxygen atoms in total. The zero-order valence-electron chi connectivity index (χ0n) is 14.2. The van der Waals surface area contributed by atoms with Crippen molar-refractivity contribution in [3.05, 3.63) is 53.2 Å². The number of carboxylic acid groups (broad SMARTS) is 1. The number of amides is 1. The van der Waals surface area contributed by atoms with Crippen LogP contribution >= 0.6 is 0 Å². The average Bonchev–Trinajstić information content (AvgIpc) is 2.90. The van der Waals surface area contributed by atoms with E-state index in [1.165, 1.54) is 12.1 Å². The molecule has 1 amide bonds. The lowest BCUT2D eigenvalue weighted by molar-refractivity contribution is -0.122. The Labute approximate surface area is 153 Å². The number of hydrogen-bond donors (Lipinski definition) is 2. The molecule has 1 saturated carbocycles. The third kappa shape index (κ3) is 2.90. The SMILES string of the molecule is O=C(O)c1ccc2c(c1)[C@]1(CC[C@@H](Oc3ncc(F)cc3F)CC1)C(=O)N2. The fourth-order valence-corrected chi connectivity index (χ4v) is 3.89. The fraction of sp³-hybridized carbons (Fsp3) is 0.316. The number of hydrogen-bond acceptors (Lipinski definition) is 4. The van der Waals surface area contributed by atoms with Gasteiger partial charge in [0.15, 0.2) is 5.82 Å². The van der Waals surface area contributed by atoms with Crippen LogP contribution in [0, 0.1) is 11.6 Å². The molecule has 1 aromatic heterocycles. The maximum atomic E-state index is 13.7. The molecule has 1 aromatic carbocycles. The van der Waals surface area contributed by atoms with E-state index < -0.39 is 23.0 Å². The number of nitrogens with one attached hydrogen (secondary N) is 1. The normalized spacial score (nSPS) is 23.8. The molecular weight excluding hydrogens is 358 g/mol. The van der Waals surface area contributed by atoms with Gasteiger partial charge in [-0.1, -0.05) is 0 Å². The van der Waals surface area contributed by atoms with E-state index in [0.717, 1.165) is 6.20 Å². The molecule has 1 aliphatic heterocycles. The highest BCUT2D eigenvalue weighted by Crippen LogP contribution is 2.48. The first kappa shape index (κ1) is 17.4. The highest BCUT2D eigenvalue weighted by molar-refractivity contribution is 6.07. The molecular formula is C19H16F2N2O4. The van der Waals surface area contributed by atoms with Crippen LogP contribution in [0.4, 0.5) is 14.5 Å². The highest BCUT2D eigenvalue weighted by atomic mass is 19.1. The summed E-state index contributed by atoms with van der Waals surface area (Å²) in [6.45, 7) is 0. The van der Waals surface area contributed by atoms with E-state index in [4.69, 9.17) is 4.74 Å². The van der Waals surface area contributed by atoms with Crippen LogP contribution in [0.5, 0.6) is 5.88 Å². The van der Waals surface area contributed by atoms with Gasteiger partial charge in [0.25, 0.3) is 5.88 Å². The molecule has 0 unspecified atom stereocenters. The van der Waals surface area contributed by atoms with Crippen LogP contribution in [0.2, 0.25) is 0 Å². The molecule has 2 aromatic rings. The number of benzene rings is 1. The molecule has 1 fully saturated rings.